The molecule has 0 radical (unpaired) electrons. The fraction of sp³-hybridized carbons (Fsp3) is 0.875. The highest BCUT2D eigenvalue weighted by molar-refractivity contribution is 5.80. The normalized spacial score (nSPS) is 32.5. The summed E-state index contributed by atoms with van der Waals surface area (Å²) in [5.74, 6) is 1.58. The molecule has 31 heavy (non-hydrogen) atoms. The van der Waals surface area contributed by atoms with Crippen LogP contribution in [0.25, 0.3) is 0 Å². The van der Waals surface area contributed by atoms with E-state index in [4.69, 9.17) is 0 Å². The van der Waals surface area contributed by atoms with Crippen molar-refractivity contribution in [3.63, 3.8) is 0 Å². The van der Waals surface area contributed by atoms with E-state index >= 15 is 0 Å². The third-order valence-corrected chi connectivity index (χ3v) is 8.48. The second kappa shape index (κ2) is 8.99. The fourth-order valence-electron chi connectivity index (χ4n) is 6.83. The Bertz CT molecular complexity index is 697. The molecule has 0 aromatic rings. The number of rotatable bonds is 1. The number of fused-ring (bicyclic) bond motifs is 4. The van der Waals surface area contributed by atoms with Gasteiger partial charge in [0, 0.05) is 64.2 Å². The van der Waals surface area contributed by atoms with Crippen molar-refractivity contribution in [2.45, 2.75) is 70.3 Å². The molecular weight excluding hydrogens is 392 g/mol. The van der Waals surface area contributed by atoms with Crippen molar-refractivity contribution in [3.8, 4) is 0 Å². The van der Waals surface area contributed by atoms with Gasteiger partial charge in [-0.05, 0) is 56.8 Å². The fourth-order valence-corrected chi connectivity index (χ4v) is 6.83. The van der Waals surface area contributed by atoms with Gasteiger partial charge in [-0.15, -0.1) is 0 Å². The van der Waals surface area contributed by atoms with Crippen LogP contribution in [0.3, 0.4) is 0 Å². The van der Waals surface area contributed by atoms with Gasteiger partial charge < -0.3 is 19.6 Å². The van der Waals surface area contributed by atoms with Crippen molar-refractivity contribution in [2.24, 2.45) is 17.8 Å². The summed E-state index contributed by atoms with van der Waals surface area (Å²) in [6.07, 6.45) is 10.3. The largest absolute Gasteiger partial charge is 0.342 e. The minimum Gasteiger partial charge on any atom is -0.342 e. The number of hydrogen-bond acceptors (Lipinski definition) is 3. The molecule has 3 atom stereocenters. The molecule has 4 amide bonds. The second-order valence-electron chi connectivity index (χ2n) is 10.6. The van der Waals surface area contributed by atoms with Crippen molar-refractivity contribution in [2.75, 3.05) is 45.8 Å². The highest BCUT2D eigenvalue weighted by Crippen LogP contribution is 2.38. The first-order valence-electron chi connectivity index (χ1n) is 12.7. The van der Waals surface area contributed by atoms with E-state index in [-0.39, 0.29) is 11.9 Å². The summed E-state index contributed by atoms with van der Waals surface area (Å²) in [6.45, 7) is 5.61. The van der Waals surface area contributed by atoms with Crippen LogP contribution in [0.5, 0.6) is 0 Å². The SMILES string of the molecule is O=C(C1CCN(C(=O)N2CC3CC(C2)[C@H]2CCCC(=O)N2C3)CC1)N1CCCCCC1. The van der Waals surface area contributed by atoms with E-state index in [9.17, 15) is 14.4 Å². The van der Waals surface area contributed by atoms with Crippen LogP contribution in [-0.2, 0) is 9.59 Å². The predicted octanol–water partition coefficient (Wildman–Crippen LogP) is 2.55. The third-order valence-electron chi connectivity index (χ3n) is 8.48. The molecule has 5 aliphatic rings. The molecule has 5 rings (SSSR count). The molecular formula is C24H38N4O3. The van der Waals surface area contributed by atoms with Crippen LogP contribution in [0.2, 0.25) is 0 Å². The molecule has 5 heterocycles. The Morgan fingerprint density at radius 2 is 1.48 bits per heavy atom. The van der Waals surface area contributed by atoms with Gasteiger partial charge in [-0.2, -0.15) is 0 Å². The zero-order valence-electron chi connectivity index (χ0n) is 18.8. The molecule has 0 saturated carbocycles. The smallest absolute Gasteiger partial charge is 0.320 e. The Balaban J connectivity index is 1.15. The molecule has 0 aromatic heterocycles. The lowest BCUT2D eigenvalue weighted by Crippen LogP contribution is -2.62. The van der Waals surface area contributed by atoms with E-state index < -0.39 is 0 Å². The quantitative estimate of drug-likeness (QED) is 0.642. The number of carbonyl (C=O) groups is 3. The number of nitrogens with zero attached hydrogens (tertiary/aromatic N) is 4. The van der Waals surface area contributed by atoms with Gasteiger partial charge in [0.1, 0.15) is 0 Å². The average Bonchev–Trinajstić information content (AvgIpc) is 3.08. The van der Waals surface area contributed by atoms with E-state index in [2.05, 4.69) is 14.7 Å². The molecule has 2 unspecified atom stereocenters. The van der Waals surface area contributed by atoms with Crippen molar-refractivity contribution < 1.29 is 14.4 Å². The zero-order valence-corrected chi connectivity index (χ0v) is 18.8. The lowest BCUT2D eigenvalue weighted by molar-refractivity contribution is -0.144. The van der Waals surface area contributed by atoms with Crippen LogP contribution in [0.15, 0.2) is 0 Å². The van der Waals surface area contributed by atoms with Gasteiger partial charge in [-0.25, -0.2) is 4.79 Å². The molecule has 0 aliphatic carbocycles. The average molecular weight is 431 g/mol. The van der Waals surface area contributed by atoms with Gasteiger partial charge in [0.25, 0.3) is 0 Å². The summed E-state index contributed by atoms with van der Waals surface area (Å²) in [7, 11) is 0. The molecule has 5 aliphatic heterocycles. The maximum Gasteiger partial charge on any atom is 0.320 e. The first-order valence-corrected chi connectivity index (χ1v) is 12.7. The molecule has 5 fully saturated rings. The van der Waals surface area contributed by atoms with E-state index in [1.54, 1.807) is 0 Å². The number of likely N-dealkylation sites (tertiary alicyclic amines) is 3. The standard InChI is InChI=1S/C24H38N4O3/c29-22-7-5-6-21-20-14-18(16-28(21)22)15-27(17-20)24(31)26-12-8-19(9-13-26)23(30)25-10-3-1-2-4-11-25/h18-21H,1-17H2/t18?,20?,21-/m1/s1. The minimum absolute atomic E-state index is 0.0877. The van der Waals surface area contributed by atoms with E-state index in [0.717, 1.165) is 77.7 Å². The molecule has 0 N–H and O–H groups in total. The van der Waals surface area contributed by atoms with Gasteiger partial charge >= 0.3 is 6.03 Å². The molecule has 172 valence electrons. The number of urea groups is 1. The molecule has 0 aromatic carbocycles. The maximum atomic E-state index is 13.3. The van der Waals surface area contributed by atoms with Crippen LogP contribution in [-0.4, -0.2) is 89.3 Å². The summed E-state index contributed by atoms with van der Waals surface area (Å²) in [5.41, 5.74) is 0. The highest BCUT2D eigenvalue weighted by Gasteiger charge is 2.45. The highest BCUT2D eigenvalue weighted by atomic mass is 16.2. The van der Waals surface area contributed by atoms with Crippen molar-refractivity contribution in [1.29, 1.82) is 0 Å². The number of carbonyl (C=O) groups excluding carboxylic acids is 3. The molecule has 5 saturated heterocycles. The summed E-state index contributed by atoms with van der Waals surface area (Å²) in [4.78, 5) is 46.9. The van der Waals surface area contributed by atoms with E-state index in [0.29, 0.717) is 49.2 Å². The lowest BCUT2D eigenvalue weighted by Gasteiger charge is -2.53. The monoisotopic (exact) mass is 430 g/mol. The van der Waals surface area contributed by atoms with Gasteiger partial charge in [0.15, 0.2) is 0 Å². The molecule has 2 bridgehead atoms. The molecule has 7 nitrogen and oxygen atoms in total. The van der Waals surface area contributed by atoms with Crippen molar-refractivity contribution >= 4 is 17.8 Å². The van der Waals surface area contributed by atoms with Crippen LogP contribution < -0.4 is 0 Å². The summed E-state index contributed by atoms with van der Waals surface area (Å²) < 4.78 is 0. The Hall–Kier alpha value is -1.79. The summed E-state index contributed by atoms with van der Waals surface area (Å²) in [6, 6.07) is 0.496. The molecule has 7 heteroatoms. The zero-order chi connectivity index (χ0) is 21.4. The van der Waals surface area contributed by atoms with Crippen molar-refractivity contribution in [3.05, 3.63) is 0 Å². The lowest BCUT2D eigenvalue weighted by atomic mass is 9.76. The van der Waals surface area contributed by atoms with Crippen LogP contribution in [0.1, 0.15) is 64.2 Å². The van der Waals surface area contributed by atoms with Gasteiger partial charge in [-0.3, -0.25) is 9.59 Å². The van der Waals surface area contributed by atoms with Crippen molar-refractivity contribution in [1.82, 2.24) is 19.6 Å². The maximum absolute atomic E-state index is 13.3. The number of piperidine rings is 4. The predicted molar refractivity (Wildman–Crippen MR) is 117 cm³/mol. The minimum atomic E-state index is 0.0877. The Kier molecular flexibility index (Phi) is 6.11. The Morgan fingerprint density at radius 3 is 2.23 bits per heavy atom. The second-order valence-corrected chi connectivity index (χ2v) is 10.6. The topological polar surface area (TPSA) is 64.2 Å². The van der Waals surface area contributed by atoms with Gasteiger partial charge in [0.05, 0.1) is 0 Å². The van der Waals surface area contributed by atoms with E-state index in [1.807, 2.05) is 4.90 Å². The van der Waals surface area contributed by atoms with Crippen LogP contribution in [0, 0.1) is 17.8 Å². The third kappa shape index (κ3) is 4.29. The van der Waals surface area contributed by atoms with Gasteiger partial charge in [0.2, 0.25) is 11.8 Å². The molecule has 0 spiro atoms. The number of hydrogen-bond donors (Lipinski definition) is 0. The summed E-state index contributed by atoms with van der Waals surface area (Å²) >= 11 is 0. The van der Waals surface area contributed by atoms with Crippen LogP contribution in [0.4, 0.5) is 4.79 Å². The Labute approximate surface area is 186 Å². The van der Waals surface area contributed by atoms with Crippen LogP contribution >= 0.6 is 0 Å². The Morgan fingerprint density at radius 1 is 0.742 bits per heavy atom. The van der Waals surface area contributed by atoms with E-state index in [1.165, 1.54) is 12.8 Å². The first-order chi connectivity index (χ1) is 15.1. The summed E-state index contributed by atoms with van der Waals surface area (Å²) in [5, 5.41) is 0. The number of amides is 4. The van der Waals surface area contributed by atoms with Gasteiger partial charge in [-0.1, -0.05) is 12.8 Å². The first kappa shape index (κ1) is 21.1.